The van der Waals surface area contributed by atoms with Crippen LogP contribution in [0.3, 0.4) is 0 Å². The number of esters is 1. The molecule has 1 aromatic carbocycles. The first-order valence-electron chi connectivity index (χ1n) is 6.35. The average molecular weight is 396 g/mol. The Labute approximate surface area is 144 Å². The molecule has 6 nitrogen and oxygen atoms in total. The van der Waals surface area contributed by atoms with Crippen molar-refractivity contribution in [2.75, 3.05) is 20.8 Å². The largest absolute Gasteiger partial charge is 0.469 e. The molecular weight excluding hydrogens is 376 g/mol. The maximum absolute atomic E-state index is 12.0. The second-order valence-electron chi connectivity index (χ2n) is 4.46. The van der Waals surface area contributed by atoms with Crippen molar-refractivity contribution in [2.45, 2.75) is 18.5 Å². The Bertz CT molecular complexity index is 501. The Morgan fingerprint density at radius 2 is 2.05 bits per heavy atom. The molecule has 2 unspecified atom stereocenters. The third-order valence-corrected chi connectivity index (χ3v) is 3.34. The summed E-state index contributed by atoms with van der Waals surface area (Å²) >= 11 is 3.36. The van der Waals surface area contributed by atoms with Crippen molar-refractivity contribution >= 4 is 40.2 Å². The fourth-order valence-electron chi connectivity index (χ4n) is 1.76. The smallest absolute Gasteiger partial charge is 0.307 e. The van der Waals surface area contributed by atoms with Crippen molar-refractivity contribution in [2.24, 2.45) is 5.73 Å². The Morgan fingerprint density at radius 3 is 2.59 bits per heavy atom. The van der Waals surface area contributed by atoms with Crippen LogP contribution >= 0.6 is 28.3 Å². The standard InChI is InChI=1S/C14H19BrN2O4.ClH/c1-20-8-11(16)14(19)17-12(7-13(18)21-2)9-4-3-5-10(15)6-9;/h3-6,11-12H,7-8,16H2,1-2H3,(H,17,19);1H. The molecule has 0 aliphatic carbocycles. The zero-order valence-electron chi connectivity index (χ0n) is 12.4. The molecule has 0 saturated carbocycles. The summed E-state index contributed by atoms with van der Waals surface area (Å²) in [6.45, 7) is 0.106. The van der Waals surface area contributed by atoms with Crippen LogP contribution in [-0.4, -0.2) is 38.7 Å². The molecule has 0 bridgehead atoms. The van der Waals surface area contributed by atoms with E-state index in [0.29, 0.717) is 0 Å². The summed E-state index contributed by atoms with van der Waals surface area (Å²) in [7, 11) is 2.77. The highest BCUT2D eigenvalue weighted by molar-refractivity contribution is 9.10. The third kappa shape index (κ3) is 6.74. The first-order chi connectivity index (χ1) is 9.97. The molecule has 2 atom stereocenters. The normalized spacial score (nSPS) is 12.7. The Morgan fingerprint density at radius 1 is 1.36 bits per heavy atom. The van der Waals surface area contributed by atoms with Gasteiger partial charge in [0.25, 0.3) is 0 Å². The van der Waals surface area contributed by atoms with E-state index in [9.17, 15) is 9.59 Å². The van der Waals surface area contributed by atoms with E-state index in [1.54, 1.807) is 0 Å². The molecule has 0 aliphatic heterocycles. The minimum Gasteiger partial charge on any atom is -0.469 e. The quantitative estimate of drug-likeness (QED) is 0.684. The minimum absolute atomic E-state index is 0. The van der Waals surface area contributed by atoms with Gasteiger partial charge in [0.15, 0.2) is 0 Å². The number of carbonyl (C=O) groups excluding carboxylic acids is 2. The molecule has 124 valence electrons. The summed E-state index contributed by atoms with van der Waals surface area (Å²) in [6.07, 6.45) is 0.0262. The number of hydrogen-bond acceptors (Lipinski definition) is 5. The minimum atomic E-state index is -0.790. The highest BCUT2D eigenvalue weighted by atomic mass is 79.9. The van der Waals surface area contributed by atoms with Crippen molar-refractivity contribution in [1.29, 1.82) is 0 Å². The van der Waals surface area contributed by atoms with E-state index in [1.165, 1.54) is 14.2 Å². The summed E-state index contributed by atoms with van der Waals surface area (Å²) in [5, 5.41) is 2.74. The van der Waals surface area contributed by atoms with Gasteiger partial charge in [-0.25, -0.2) is 0 Å². The second kappa shape index (κ2) is 10.6. The molecule has 3 N–H and O–H groups in total. The molecule has 1 rings (SSSR count). The van der Waals surface area contributed by atoms with Crippen LogP contribution in [0.5, 0.6) is 0 Å². The van der Waals surface area contributed by atoms with Crippen molar-refractivity contribution in [3.63, 3.8) is 0 Å². The fourth-order valence-corrected chi connectivity index (χ4v) is 2.18. The summed E-state index contributed by atoms with van der Waals surface area (Å²) in [5.74, 6) is -0.800. The number of amides is 1. The average Bonchev–Trinajstić information content (AvgIpc) is 2.46. The van der Waals surface area contributed by atoms with Crippen molar-refractivity contribution in [3.8, 4) is 0 Å². The number of benzene rings is 1. The van der Waals surface area contributed by atoms with Gasteiger partial charge >= 0.3 is 5.97 Å². The molecule has 0 aliphatic rings. The Kier molecular flexibility index (Phi) is 10.0. The topological polar surface area (TPSA) is 90.6 Å². The monoisotopic (exact) mass is 394 g/mol. The molecule has 22 heavy (non-hydrogen) atoms. The number of methoxy groups -OCH3 is 2. The lowest BCUT2D eigenvalue weighted by atomic mass is 10.0. The van der Waals surface area contributed by atoms with E-state index in [4.69, 9.17) is 10.5 Å². The van der Waals surface area contributed by atoms with Crippen LogP contribution in [0.4, 0.5) is 0 Å². The molecular formula is C14H20BrClN2O4. The van der Waals surface area contributed by atoms with Crippen LogP contribution in [0.15, 0.2) is 28.7 Å². The van der Waals surface area contributed by atoms with E-state index < -0.39 is 18.1 Å². The fraction of sp³-hybridized carbons (Fsp3) is 0.429. The summed E-state index contributed by atoms with van der Waals surface area (Å²) in [4.78, 5) is 23.5. The van der Waals surface area contributed by atoms with E-state index >= 15 is 0 Å². The lowest BCUT2D eigenvalue weighted by Gasteiger charge is -2.20. The number of nitrogens with two attached hydrogens (primary N) is 1. The van der Waals surface area contributed by atoms with E-state index in [0.717, 1.165) is 10.0 Å². The molecule has 0 saturated heterocycles. The Hall–Kier alpha value is -1.15. The van der Waals surface area contributed by atoms with Crippen LogP contribution in [-0.2, 0) is 19.1 Å². The van der Waals surface area contributed by atoms with Gasteiger partial charge in [-0.2, -0.15) is 0 Å². The molecule has 0 spiro atoms. The van der Waals surface area contributed by atoms with Gasteiger partial charge in [0.2, 0.25) is 5.91 Å². The van der Waals surface area contributed by atoms with E-state index in [-0.39, 0.29) is 31.3 Å². The number of ether oxygens (including phenoxy) is 2. The van der Waals surface area contributed by atoms with Gasteiger partial charge in [-0.3, -0.25) is 9.59 Å². The number of nitrogens with one attached hydrogen (secondary N) is 1. The van der Waals surface area contributed by atoms with Gasteiger partial charge in [-0.1, -0.05) is 28.1 Å². The van der Waals surface area contributed by atoms with Crippen molar-refractivity contribution in [1.82, 2.24) is 5.32 Å². The highest BCUT2D eigenvalue weighted by Gasteiger charge is 2.22. The lowest BCUT2D eigenvalue weighted by molar-refractivity contribution is -0.141. The van der Waals surface area contributed by atoms with Gasteiger partial charge in [0.05, 0.1) is 26.2 Å². The first-order valence-corrected chi connectivity index (χ1v) is 7.14. The molecule has 0 heterocycles. The van der Waals surface area contributed by atoms with Crippen molar-refractivity contribution < 1.29 is 19.1 Å². The van der Waals surface area contributed by atoms with Gasteiger partial charge in [0, 0.05) is 11.6 Å². The summed E-state index contributed by atoms with van der Waals surface area (Å²) in [5.41, 5.74) is 6.47. The van der Waals surface area contributed by atoms with Gasteiger partial charge in [0.1, 0.15) is 6.04 Å². The highest BCUT2D eigenvalue weighted by Crippen LogP contribution is 2.21. The predicted octanol–water partition coefficient (Wildman–Crippen LogP) is 1.57. The second-order valence-corrected chi connectivity index (χ2v) is 5.37. The molecule has 0 aromatic heterocycles. The third-order valence-electron chi connectivity index (χ3n) is 2.85. The molecule has 1 amide bonds. The number of rotatable bonds is 7. The van der Waals surface area contributed by atoms with E-state index in [1.807, 2.05) is 24.3 Å². The maximum atomic E-state index is 12.0. The predicted molar refractivity (Wildman–Crippen MR) is 88.8 cm³/mol. The van der Waals surface area contributed by atoms with Gasteiger partial charge < -0.3 is 20.5 Å². The van der Waals surface area contributed by atoms with Gasteiger partial charge in [-0.15, -0.1) is 12.4 Å². The van der Waals surface area contributed by atoms with Crippen LogP contribution in [0, 0.1) is 0 Å². The molecule has 0 radical (unpaired) electrons. The Balaban J connectivity index is 0.00000441. The zero-order valence-corrected chi connectivity index (χ0v) is 14.8. The number of hydrogen-bond donors (Lipinski definition) is 2. The molecule has 1 aromatic rings. The van der Waals surface area contributed by atoms with Crippen molar-refractivity contribution in [3.05, 3.63) is 34.3 Å². The van der Waals surface area contributed by atoms with Gasteiger partial charge in [-0.05, 0) is 17.7 Å². The number of carbonyl (C=O) groups is 2. The number of halogens is 2. The van der Waals surface area contributed by atoms with Crippen LogP contribution in [0.25, 0.3) is 0 Å². The molecule has 0 fully saturated rings. The first kappa shape index (κ1) is 20.9. The maximum Gasteiger partial charge on any atom is 0.307 e. The van der Waals surface area contributed by atoms with Crippen LogP contribution in [0.2, 0.25) is 0 Å². The van der Waals surface area contributed by atoms with Crippen LogP contribution < -0.4 is 11.1 Å². The molecule has 8 heteroatoms. The SMILES string of the molecule is COCC(N)C(=O)NC(CC(=O)OC)c1cccc(Br)c1.Cl. The summed E-state index contributed by atoms with van der Waals surface area (Å²) < 4.78 is 10.4. The summed E-state index contributed by atoms with van der Waals surface area (Å²) in [6, 6.07) is 6.03. The van der Waals surface area contributed by atoms with Crippen LogP contribution in [0.1, 0.15) is 18.0 Å². The lowest BCUT2D eigenvalue weighted by Crippen LogP contribution is -2.45. The van der Waals surface area contributed by atoms with E-state index in [2.05, 4.69) is 26.0 Å². The zero-order chi connectivity index (χ0) is 15.8.